The summed E-state index contributed by atoms with van der Waals surface area (Å²) in [5.41, 5.74) is 4.41. The highest BCUT2D eigenvalue weighted by molar-refractivity contribution is 6.34. The monoisotopic (exact) mass is 273 g/mol. The maximum absolute atomic E-state index is 10.7. The van der Waals surface area contributed by atoms with Crippen molar-refractivity contribution in [1.82, 2.24) is 4.98 Å². The smallest absolute Gasteiger partial charge is 0.351 e. The molecule has 0 aliphatic rings. The first-order valence-electron chi connectivity index (χ1n) is 6.00. The molecule has 0 atom stereocenters. The van der Waals surface area contributed by atoms with Crippen LogP contribution in [0.4, 0.5) is 5.82 Å². The number of methoxy groups -OCH3 is 1. The van der Waals surface area contributed by atoms with Gasteiger partial charge in [0.1, 0.15) is 17.3 Å². The second kappa shape index (κ2) is 5.56. The van der Waals surface area contributed by atoms with E-state index in [1.165, 1.54) is 6.92 Å². The number of carboxylic acid groups (broad SMARTS) is 1. The fourth-order valence-electron chi connectivity index (χ4n) is 1.75. The Balaban J connectivity index is 2.38. The number of aromatic nitrogens is 1. The van der Waals surface area contributed by atoms with Crippen molar-refractivity contribution in [2.24, 2.45) is 5.10 Å². The molecule has 2 N–H and O–H groups in total. The summed E-state index contributed by atoms with van der Waals surface area (Å²) in [6, 6.07) is 7.39. The predicted octanol–water partition coefficient (Wildman–Crippen LogP) is 2.42. The normalized spacial score (nSPS) is 11.4. The molecule has 0 fully saturated rings. The highest BCUT2D eigenvalue weighted by Gasteiger charge is 2.05. The van der Waals surface area contributed by atoms with Crippen molar-refractivity contribution in [3.05, 3.63) is 29.8 Å². The van der Waals surface area contributed by atoms with Crippen molar-refractivity contribution < 1.29 is 14.6 Å². The molecule has 6 nitrogen and oxygen atoms in total. The molecule has 0 amide bonds. The Morgan fingerprint density at radius 2 is 2.15 bits per heavy atom. The zero-order valence-corrected chi connectivity index (χ0v) is 11.5. The Morgan fingerprint density at radius 3 is 2.80 bits per heavy atom. The van der Waals surface area contributed by atoms with E-state index in [0.717, 1.165) is 22.2 Å². The van der Waals surface area contributed by atoms with E-state index in [1.807, 2.05) is 25.1 Å². The van der Waals surface area contributed by atoms with Gasteiger partial charge in [0, 0.05) is 5.39 Å². The number of rotatable bonds is 4. The molecule has 0 bridgehead atoms. The van der Waals surface area contributed by atoms with Crippen LogP contribution < -0.4 is 10.2 Å². The summed E-state index contributed by atoms with van der Waals surface area (Å²) in [6.45, 7) is 3.36. The Bertz CT molecular complexity index is 695. The minimum Gasteiger partial charge on any atom is -0.497 e. The van der Waals surface area contributed by atoms with Crippen molar-refractivity contribution >= 4 is 28.4 Å². The molecule has 2 aromatic rings. The Hall–Kier alpha value is -2.63. The summed E-state index contributed by atoms with van der Waals surface area (Å²) in [6.07, 6.45) is 0. The molecule has 0 saturated heterocycles. The van der Waals surface area contributed by atoms with Gasteiger partial charge in [0.15, 0.2) is 0 Å². The van der Waals surface area contributed by atoms with Gasteiger partial charge >= 0.3 is 5.97 Å². The van der Waals surface area contributed by atoms with E-state index in [-0.39, 0.29) is 5.71 Å². The van der Waals surface area contributed by atoms with Crippen LogP contribution in [0.25, 0.3) is 10.9 Å². The van der Waals surface area contributed by atoms with Crippen molar-refractivity contribution in [2.45, 2.75) is 13.8 Å². The molecule has 0 saturated carbocycles. The van der Waals surface area contributed by atoms with Gasteiger partial charge in [0.25, 0.3) is 0 Å². The van der Waals surface area contributed by atoms with Crippen molar-refractivity contribution in [1.29, 1.82) is 0 Å². The number of carboxylic acids is 1. The second-order valence-electron chi connectivity index (χ2n) is 4.32. The Kier molecular flexibility index (Phi) is 3.84. The number of fused-ring (bicyclic) bond motifs is 1. The number of hydrogen-bond donors (Lipinski definition) is 2. The van der Waals surface area contributed by atoms with Crippen molar-refractivity contribution in [3.8, 4) is 5.75 Å². The molecule has 2 rings (SSSR count). The van der Waals surface area contributed by atoms with E-state index in [2.05, 4.69) is 15.5 Å². The number of aliphatic carboxylic acids is 1. The number of nitrogens with one attached hydrogen (secondary N) is 1. The quantitative estimate of drug-likeness (QED) is 0.660. The van der Waals surface area contributed by atoms with Gasteiger partial charge in [-0.2, -0.15) is 5.10 Å². The van der Waals surface area contributed by atoms with Gasteiger partial charge in [-0.15, -0.1) is 0 Å². The summed E-state index contributed by atoms with van der Waals surface area (Å²) < 4.78 is 5.18. The zero-order chi connectivity index (χ0) is 14.7. The van der Waals surface area contributed by atoms with Gasteiger partial charge < -0.3 is 9.84 Å². The maximum atomic E-state index is 10.7. The topological polar surface area (TPSA) is 83.8 Å². The molecule has 0 radical (unpaired) electrons. The van der Waals surface area contributed by atoms with Gasteiger partial charge in [-0.25, -0.2) is 9.78 Å². The lowest BCUT2D eigenvalue weighted by molar-refractivity contribution is -0.129. The molecule has 6 heteroatoms. The zero-order valence-electron chi connectivity index (χ0n) is 11.5. The molecule has 0 aliphatic heterocycles. The van der Waals surface area contributed by atoms with E-state index < -0.39 is 5.97 Å². The van der Waals surface area contributed by atoms with E-state index in [9.17, 15) is 4.79 Å². The van der Waals surface area contributed by atoms with Crippen LogP contribution in [0.2, 0.25) is 0 Å². The minimum absolute atomic E-state index is 0.0284. The van der Waals surface area contributed by atoms with E-state index in [0.29, 0.717) is 5.82 Å². The van der Waals surface area contributed by atoms with Crippen molar-refractivity contribution in [3.63, 3.8) is 0 Å². The molecule has 1 heterocycles. The maximum Gasteiger partial charge on any atom is 0.351 e. The summed E-state index contributed by atoms with van der Waals surface area (Å²) >= 11 is 0. The molecule has 104 valence electrons. The van der Waals surface area contributed by atoms with Crippen LogP contribution in [-0.4, -0.2) is 28.9 Å². The standard InChI is InChI=1S/C14H15N3O3/c1-8-6-13(17-16-9(2)14(18)19)15-12-5-4-10(20-3)7-11(8)12/h4-7H,1-3H3,(H,15,17)(H,18,19)/b16-9+. The van der Waals surface area contributed by atoms with Gasteiger partial charge in [0.05, 0.1) is 12.6 Å². The Morgan fingerprint density at radius 1 is 1.40 bits per heavy atom. The molecule has 1 aromatic carbocycles. The Labute approximate surface area is 116 Å². The number of nitrogens with zero attached hydrogens (tertiary/aromatic N) is 2. The molecule has 0 spiro atoms. The predicted molar refractivity (Wildman–Crippen MR) is 77.4 cm³/mol. The fourth-order valence-corrected chi connectivity index (χ4v) is 1.75. The first-order valence-corrected chi connectivity index (χ1v) is 6.00. The first kappa shape index (κ1) is 13.8. The van der Waals surface area contributed by atoms with Crippen LogP contribution in [-0.2, 0) is 4.79 Å². The van der Waals surface area contributed by atoms with Gasteiger partial charge in [0.2, 0.25) is 0 Å². The molecule has 1 aromatic heterocycles. The molecule has 0 unspecified atom stereocenters. The van der Waals surface area contributed by atoms with Crippen LogP contribution in [0, 0.1) is 6.92 Å². The third-order valence-corrected chi connectivity index (χ3v) is 2.87. The van der Waals surface area contributed by atoms with Gasteiger partial charge in [-0.05, 0) is 43.7 Å². The largest absolute Gasteiger partial charge is 0.497 e. The summed E-state index contributed by atoms with van der Waals surface area (Å²) in [7, 11) is 1.61. The summed E-state index contributed by atoms with van der Waals surface area (Å²) in [4.78, 5) is 15.0. The molecule has 20 heavy (non-hydrogen) atoms. The molecular weight excluding hydrogens is 258 g/mol. The van der Waals surface area contributed by atoms with E-state index in [1.54, 1.807) is 13.2 Å². The van der Waals surface area contributed by atoms with Crippen molar-refractivity contribution in [2.75, 3.05) is 12.5 Å². The number of hydrogen-bond acceptors (Lipinski definition) is 5. The highest BCUT2D eigenvalue weighted by atomic mass is 16.5. The number of pyridine rings is 1. The van der Waals surface area contributed by atoms with Gasteiger partial charge in [-0.3, -0.25) is 5.43 Å². The summed E-state index contributed by atoms with van der Waals surface area (Å²) in [5, 5.41) is 13.5. The number of hydrazone groups is 1. The SMILES string of the molecule is COc1ccc2nc(N/N=C(\C)C(=O)O)cc(C)c2c1. The summed E-state index contributed by atoms with van der Waals surface area (Å²) in [5.74, 6) is 0.198. The lowest BCUT2D eigenvalue weighted by Crippen LogP contribution is -2.10. The third-order valence-electron chi connectivity index (χ3n) is 2.87. The average molecular weight is 273 g/mol. The number of ether oxygens (including phenoxy) is 1. The molecule has 0 aliphatic carbocycles. The van der Waals surface area contributed by atoms with E-state index in [4.69, 9.17) is 9.84 Å². The fraction of sp³-hybridized carbons (Fsp3) is 0.214. The number of benzene rings is 1. The highest BCUT2D eigenvalue weighted by Crippen LogP contribution is 2.24. The second-order valence-corrected chi connectivity index (χ2v) is 4.32. The lowest BCUT2D eigenvalue weighted by Gasteiger charge is -2.07. The number of aryl methyl sites for hydroxylation is 1. The average Bonchev–Trinajstić information content (AvgIpc) is 2.44. The molecular formula is C14H15N3O3. The van der Waals surface area contributed by atoms with Crippen LogP contribution in [0.5, 0.6) is 5.75 Å². The van der Waals surface area contributed by atoms with Crippen LogP contribution in [0.15, 0.2) is 29.4 Å². The first-order chi connectivity index (χ1) is 9.51. The van der Waals surface area contributed by atoms with Crippen LogP contribution in [0.1, 0.15) is 12.5 Å². The minimum atomic E-state index is -1.07. The number of anilines is 1. The van der Waals surface area contributed by atoms with Crippen LogP contribution >= 0.6 is 0 Å². The lowest BCUT2D eigenvalue weighted by atomic mass is 10.1. The number of carbonyl (C=O) groups is 1. The van der Waals surface area contributed by atoms with E-state index >= 15 is 0 Å². The van der Waals surface area contributed by atoms with Crippen LogP contribution in [0.3, 0.4) is 0 Å². The third kappa shape index (κ3) is 2.85. The van der Waals surface area contributed by atoms with Gasteiger partial charge in [-0.1, -0.05) is 0 Å².